The van der Waals surface area contributed by atoms with Crippen LogP contribution in [0.25, 0.3) is 0 Å². The number of rotatable bonds is 7. The molecule has 0 atom stereocenters. The number of Topliss-reactive ketones (excluding diaryl/α,β-unsaturated/α-hetero) is 1. The summed E-state index contributed by atoms with van der Waals surface area (Å²) in [6, 6.07) is 12.9. The maximum Gasteiger partial charge on any atom is 0.260 e. The molecule has 154 valence electrons. The van der Waals surface area contributed by atoms with E-state index < -0.39 is 0 Å². The molecule has 2 aromatic rings. The number of hydrogen-bond donors (Lipinski definition) is 0. The maximum atomic E-state index is 12.6. The summed E-state index contributed by atoms with van der Waals surface area (Å²) in [5.74, 6) is 0.555. The average Bonchev–Trinajstić information content (AvgIpc) is 2.73. The van der Waals surface area contributed by atoms with E-state index in [1.165, 1.54) is 19.6 Å². The molecular formula is C22H25ClN2O4. The Morgan fingerprint density at radius 3 is 2.28 bits per heavy atom. The molecule has 3 rings (SSSR count). The third-order valence-corrected chi connectivity index (χ3v) is 5.21. The summed E-state index contributed by atoms with van der Waals surface area (Å²) in [7, 11) is 1.50. The Balaban J connectivity index is 1.51. The first-order valence-electron chi connectivity index (χ1n) is 9.53. The van der Waals surface area contributed by atoms with Gasteiger partial charge in [-0.1, -0.05) is 29.8 Å². The number of carbonyl (C=O) groups is 2. The highest BCUT2D eigenvalue weighted by atomic mass is 35.5. The van der Waals surface area contributed by atoms with E-state index in [2.05, 4.69) is 4.90 Å². The Bertz CT molecular complexity index is 862. The van der Waals surface area contributed by atoms with Gasteiger partial charge < -0.3 is 14.4 Å². The van der Waals surface area contributed by atoms with Crippen LogP contribution in [0, 0.1) is 0 Å². The Kier molecular flexibility index (Phi) is 7.12. The molecule has 1 fully saturated rings. The lowest BCUT2D eigenvalue weighted by Crippen LogP contribution is -2.49. The zero-order valence-electron chi connectivity index (χ0n) is 16.7. The van der Waals surface area contributed by atoms with Crippen molar-refractivity contribution < 1.29 is 19.1 Å². The standard InChI is InChI=1S/C22H25ClN2O4/c1-16(26)22-19(28-2)4-3-5-20(22)29-15-21(27)25-12-10-24(11-13-25)14-17-6-8-18(23)9-7-17/h3-9H,10-15H2,1-2H3. The molecule has 0 aliphatic carbocycles. The van der Waals surface area contributed by atoms with Gasteiger partial charge in [0.05, 0.1) is 7.11 Å². The molecule has 0 aromatic heterocycles. The normalized spacial score (nSPS) is 14.5. The summed E-state index contributed by atoms with van der Waals surface area (Å²) in [6.45, 7) is 5.07. The molecule has 0 radical (unpaired) electrons. The van der Waals surface area contributed by atoms with Crippen molar-refractivity contribution >= 4 is 23.3 Å². The molecular weight excluding hydrogens is 392 g/mol. The topological polar surface area (TPSA) is 59.1 Å². The van der Waals surface area contributed by atoms with Gasteiger partial charge in [-0.05, 0) is 36.8 Å². The summed E-state index contributed by atoms with van der Waals surface area (Å²) in [5, 5.41) is 0.730. The monoisotopic (exact) mass is 416 g/mol. The van der Waals surface area contributed by atoms with Crippen molar-refractivity contribution in [3.8, 4) is 11.5 Å². The van der Waals surface area contributed by atoms with E-state index in [1.54, 1.807) is 23.1 Å². The molecule has 0 spiro atoms. The summed E-state index contributed by atoms with van der Waals surface area (Å²) in [6.07, 6.45) is 0. The van der Waals surface area contributed by atoms with Crippen molar-refractivity contribution in [1.82, 2.24) is 9.80 Å². The molecule has 0 bridgehead atoms. The Labute approximate surface area is 176 Å². The third-order valence-electron chi connectivity index (χ3n) is 4.96. The SMILES string of the molecule is COc1cccc(OCC(=O)N2CCN(Cc3ccc(Cl)cc3)CC2)c1C(C)=O. The Morgan fingerprint density at radius 2 is 1.66 bits per heavy atom. The number of ether oxygens (including phenoxy) is 2. The molecule has 1 aliphatic rings. The lowest BCUT2D eigenvalue weighted by molar-refractivity contribution is -0.135. The third kappa shape index (κ3) is 5.49. The van der Waals surface area contributed by atoms with E-state index in [1.807, 2.05) is 24.3 Å². The van der Waals surface area contributed by atoms with Crippen LogP contribution in [0.4, 0.5) is 0 Å². The quantitative estimate of drug-likeness (QED) is 0.648. The van der Waals surface area contributed by atoms with Gasteiger partial charge in [-0.3, -0.25) is 14.5 Å². The maximum absolute atomic E-state index is 12.6. The Hall–Kier alpha value is -2.57. The highest BCUT2D eigenvalue weighted by Crippen LogP contribution is 2.28. The van der Waals surface area contributed by atoms with E-state index in [0.717, 1.165) is 24.7 Å². The van der Waals surface area contributed by atoms with Gasteiger partial charge in [0, 0.05) is 37.7 Å². The van der Waals surface area contributed by atoms with Gasteiger partial charge in [0.2, 0.25) is 0 Å². The van der Waals surface area contributed by atoms with Crippen molar-refractivity contribution in [2.45, 2.75) is 13.5 Å². The largest absolute Gasteiger partial charge is 0.496 e. The van der Waals surface area contributed by atoms with Crippen LogP contribution in [-0.2, 0) is 11.3 Å². The molecule has 0 unspecified atom stereocenters. The molecule has 29 heavy (non-hydrogen) atoms. The van der Waals surface area contributed by atoms with E-state index in [-0.39, 0.29) is 18.3 Å². The predicted molar refractivity (Wildman–Crippen MR) is 112 cm³/mol. The van der Waals surface area contributed by atoms with Gasteiger partial charge in [0.15, 0.2) is 12.4 Å². The highest BCUT2D eigenvalue weighted by molar-refractivity contribution is 6.30. The van der Waals surface area contributed by atoms with E-state index in [0.29, 0.717) is 30.2 Å². The number of halogens is 1. The highest BCUT2D eigenvalue weighted by Gasteiger charge is 2.22. The van der Waals surface area contributed by atoms with Crippen LogP contribution in [0.5, 0.6) is 11.5 Å². The molecule has 1 aliphatic heterocycles. The fraction of sp³-hybridized carbons (Fsp3) is 0.364. The first-order valence-corrected chi connectivity index (χ1v) is 9.91. The smallest absolute Gasteiger partial charge is 0.260 e. The molecule has 0 N–H and O–H groups in total. The predicted octanol–water partition coefficient (Wildman–Crippen LogP) is 3.27. The second-order valence-corrected chi connectivity index (χ2v) is 7.40. The molecule has 2 aromatic carbocycles. The number of nitrogens with zero attached hydrogens (tertiary/aromatic N) is 2. The first kappa shape index (κ1) is 21.1. The number of hydrogen-bond acceptors (Lipinski definition) is 5. The number of carbonyl (C=O) groups excluding carboxylic acids is 2. The number of benzene rings is 2. The lowest BCUT2D eigenvalue weighted by Gasteiger charge is -2.34. The van der Waals surface area contributed by atoms with Crippen LogP contribution in [0.15, 0.2) is 42.5 Å². The molecule has 1 saturated heterocycles. The molecule has 0 saturated carbocycles. The van der Waals surface area contributed by atoms with Crippen molar-refractivity contribution in [3.63, 3.8) is 0 Å². The van der Waals surface area contributed by atoms with Crippen molar-refractivity contribution in [3.05, 3.63) is 58.6 Å². The van der Waals surface area contributed by atoms with Crippen LogP contribution >= 0.6 is 11.6 Å². The van der Waals surface area contributed by atoms with E-state index >= 15 is 0 Å². The van der Waals surface area contributed by atoms with E-state index in [9.17, 15) is 9.59 Å². The molecule has 1 heterocycles. The number of piperazine rings is 1. The molecule has 7 heteroatoms. The fourth-order valence-corrected chi connectivity index (χ4v) is 3.51. The minimum absolute atomic E-state index is 0.0894. The minimum atomic E-state index is -0.166. The van der Waals surface area contributed by atoms with Crippen LogP contribution in [0.1, 0.15) is 22.8 Å². The zero-order chi connectivity index (χ0) is 20.8. The van der Waals surface area contributed by atoms with Gasteiger partial charge in [-0.2, -0.15) is 0 Å². The van der Waals surface area contributed by atoms with Crippen molar-refractivity contribution in [1.29, 1.82) is 0 Å². The van der Waals surface area contributed by atoms with Gasteiger partial charge >= 0.3 is 0 Å². The minimum Gasteiger partial charge on any atom is -0.496 e. The fourth-order valence-electron chi connectivity index (χ4n) is 3.38. The summed E-state index contributed by atoms with van der Waals surface area (Å²) in [4.78, 5) is 28.6. The van der Waals surface area contributed by atoms with Gasteiger partial charge in [-0.15, -0.1) is 0 Å². The summed E-state index contributed by atoms with van der Waals surface area (Å²) in [5.41, 5.74) is 1.56. The van der Waals surface area contributed by atoms with Crippen molar-refractivity contribution in [2.24, 2.45) is 0 Å². The van der Waals surface area contributed by atoms with Gasteiger partial charge in [-0.25, -0.2) is 0 Å². The van der Waals surface area contributed by atoms with Crippen LogP contribution in [-0.4, -0.2) is 61.4 Å². The number of amides is 1. The van der Waals surface area contributed by atoms with Crippen molar-refractivity contribution in [2.75, 3.05) is 39.9 Å². The van der Waals surface area contributed by atoms with E-state index in [4.69, 9.17) is 21.1 Å². The van der Waals surface area contributed by atoms with Gasteiger partial charge in [0.1, 0.15) is 17.1 Å². The lowest BCUT2D eigenvalue weighted by atomic mass is 10.1. The number of methoxy groups -OCH3 is 1. The van der Waals surface area contributed by atoms with Crippen LogP contribution in [0.3, 0.4) is 0 Å². The first-order chi connectivity index (χ1) is 14.0. The Morgan fingerprint density at radius 1 is 1.00 bits per heavy atom. The average molecular weight is 417 g/mol. The van der Waals surface area contributed by atoms with Crippen LogP contribution < -0.4 is 9.47 Å². The second-order valence-electron chi connectivity index (χ2n) is 6.96. The van der Waals surface area contributed by atoms with Gasteiger partial charge in [0.25, 0.3) is 5.91 Å². The number of ketones is 1. The molecule has 1 amide bonds. The zero-order valence-corrected chi connectivity index (χ0v) is 17.4. The molecule has 6 nitrogen and oxygen atoms in total. The van der Waals surface area contributed by atoms with Crippen LogP contribution in [0.2, 0.25) is 5.02 Å². The summed E-state index contributed by atoms with van der Waals surface area (Å²) < 4.78 is 10.9. The summed E-state index contributed by atoms with van der Waals surface area (Å²) >= 11 is 5.93. The second kappa shape index (κ2) is 9.76.